The van der Waals surface area contributed by atoms with Gasteiger partial charge in [-0.25, -0.2) is 4.39 Å². The molecular weight excluding hydrogens is 595 g/mol. The molecule has 11 nitrogen and oxygen atoms in total. The van der Waals surface area contributed by atoms with Crippen LogP contribution in [0, 0.1) is 23.6 Å². The van der Waals surface area contributed by atoms with Gasteiger partial charge in [-0.2, -0.15) is 0 Å². The van der Waals surface area contributed by atoms with Gasteiger partial charge in [-0.1, -0.05) is 59.2 Å². The van der Waals surface area contributed by atoms with E-state index in [1.54, 1.807) is 42.0 Å². The summed E-state index contributed by atoms with van der Waals surface area (Å²) >= 11 is 0. The number of carbonyl (C=O) groups is 5. The molecule has 0 spiro atoms. The monoisotopic (exact) mass is 648 g/mol. The summed E-state index contributed by atoms with van der Waals surface area (Å²) < 4.78 is 25.8. The van der Waals surface area contributed by atoms with Crippen LogP contribution >= 0.6 is 0 Å². The summed E-state index contributed by atoms with van der Waals surface area (Å²) in [6, 6.07) is 3.60. The molecular formula is C34H53FN4O7. The van der Waals surface area contributed by atoms with Crippen molar-refractivity contribution in [2.45, 2.75) is 103 Å². The normalized spacial score (nSPS) is 19.3. The number of hydrogen-bond acceptors (Lipinski definition) is 7. The molecule has 0 aromatic heterocycles. The highest BCUT2D eigenvalue weighted by molar-refractivity contribution is 5.85. The van der Waals surface area contributed by atoms with Crippen LogP contribution in [0.4, 0.5) is 4.39 Å². The van der Waals surface area contributed by atoms with Crippen molar-refractivity contribution in [3.63, 3.8) is 0 Å². The molecule has 1 aromatic carbocycles. The Morgan fingerprint density at radius 2 is 1.78 bits per heavy atom. The van der Waals surface area contributed by atoms with Gasteiger partial charge in [-0.15, -0.1) is 0 Å². The second-order valence-corrected chi connectivity index (χ2v) is 12.6. The fourth-order valence-corrected chi connectivity index (χ4v) is 6.50. The Kier molecular flexibility index (Phi) is 15.8. The Morgan fingerprint density at radius 1 is 1.11 bits per heavy atom. The van der Waals surface area contributed by atoms with Crippen molar-refractivity contribution in [1.82, 2.24) is 20.4 Å². The lowest BCUT2D eigenvalue weighted by molar-refractivity contribution is -0.147. The average Bonchev–Trinajstić information content (AvgIpc) is 3.53. The number of methoxy groups -OCH3 is 2. The number of amides is 4. The molecule has 1 unspecified atom stereocenters. The third-order valence-electron chi connectivity index (χ3n) is 9.33. The van der Waals surface area contributed by atoms with Crippen molar-refractivity contribution in [3.05, 3.63) is 35.6 Å². The van der Waals surface area contributed by atoms with E-state index in [9.17, 15) is 28.4 Å². The van der Waals surface area contributed by atoms with Crippen LogP contribution in [0.25, 0.3) is 0 Å². The average molecular weight is 649 g/mol. The van der Waals surface area contributed by atoms with E-state index in [1.165, 1.54) is 20.3 Å². The predicted octanol–water partition coefficient (Wildman–Crippen LogP) is 2.74. The Bertz CT molecular complexity index is 1170. The highest BCUT2D eigenvalue weighted by atomic mass is 19.1. The molecule has 1 heterocycles. The standard InChI is InChI=1S/C34H53FN4O7/c1-9-22(4)31(38(6)34(44)30(21(2)3)36-20-41)28(45-7)18-29(42)39-16-12-15-27(39)32(46-8)23(5)33(43)37-25(19-40)17-24-13-10-11-14-26(24)35/h10-11,13-14,19-23,25,27-28,30-32H,9,12,15-18H2,1-8H3,(H,36,41)(H,37,43)/t22-,23+,25-,27-,28+,30-,31-,32?/m0/s1. The van der Waals surface area contributed by atoms with E-state index < -0.39 is 54.0 Å². The lowest BCUT2D eigenvalue weighted by Gasteiger charge is -2.40. The number of rotatable bonds is 19. The van der Waals surface area contributed by atoms with Crippen molar-refractivity contribution in [2.75, 3.05) is 27.8 Å². The minimum atomic E-state index is -0.928. The van der Waals surface area contributed by atoms with Crippen LogP contribution in [0.5, 0.6) is 0 Å². The second kappa shape index (κ2) is 18.7. The third kappa shape index (κ3) is 9.81. The molecule has 1 aromatic rings. The quantitative estimate of drug-likeness (QED) is 0.221. The molecule has 1 fully saturated rings. The molecule has 1 aliphatic heterocycles. The molecule has 12 heteroatoms. The number of benzene rings is 1. The Balaban J connectivity index is 2.21. The first kappa shape index (κ1) is 38.8. The second-order valence-electron chi connectivity index (χ2n) is 12.6. The van der Waals surface area contributed by atoms with Gasteiger partial charge in [0.2, 0.25) is 24.1 Å². The van der Waals surface area contributed by atoms with Gasteiger partial charge in [0, 0.05) is 34.2 Å². The Morgan fingerprint density at radius 3 is 2.33 bits per heavy atom. The zero-order valence-electron chi connectivity index (χ0n) is 28.5. The molecule has 0 aliphatic carbocycles. The van der Waals surface area contributed by atoms with Gasteiger partial charge in [0.1, 0.15) is 18.1 Å². The lowest BCUT2D eigenvalue weighted by Crippen LogP contribution is -2.57. The smallest absolute Gasteiger partial charge is 0.245 e. The van der Waals surface area contributed by atoms with Crippen molar-refractivity contribution in [2.24, 2.45) is 17.8 Å². The number of hydrogen-bond donors (Lipinski definition) is 2. The Labute approximate surface area is 272 Å². The fraction of sp³-hybridized carbons (Fsp3) is 0.676. The van der Waals surface area contributed by atoms with E-state index in [1.807, 2.05) is 27.7 Å². The molecule has 8 atom stereocenters. The molecule has 0 bridgehead atoms. The van der Waals surface area contributed by atoms with Crippen LogP contribution < -0.4 is 10.6 Å². The number of likely N-dealkylation sites (N-methyl/N-ethyl adjacent to an activating group) is 1. The van der Waals surface area contributed by atoms with Gasteiger partial charge in [-0.3, -0.25) is 19.2 Å². The number of halogens is 1. The molecule has 0 saturated carbocycles. The number of nitrogens with zero attached hydrogens (tertiary/aromatic N) is 2. The van der Waals surface area contributed by atoms with E-state index in [-0.39, 0.29) is 36.5 Å². The molecule has 1 aliphatic rings. The van der Waals surface area contributed by atoms with Crippen LogP contribution in [0.15, 0.2) is 24.3 Å². The third-order valence-corrected chi connectivity index (χ3v) is 9.33. The first-order valence-corrected chi connectivity index (χ1v) is 16.2. The molecule has 2 rings (SSSR count). The summed E-state index contributed by atoms with van der Waals surface area (Å²) in [7, 11) is 4.68. The van der Waals surface area contributed by atoms with Gasteiger partial charge in [-0.05, 0) is 36.3 Å². The maximum absolute atomic E-state index is 14.2. The van der Waals surface area contributed by atoms with Crippen molar-refractivity contribution >= 4 is 30.4 Å². The largest absolute Gasteiger partial charge is 0.379 e. The van der Waals surface area contributed by atoms with E-state index in [2.05, 4.69) is 10.6 Å². The summed E-state index contributed by atoms with van der Waals surface area (Å²) in [4.78, 5) is 67.0. The molecule has 46 heavy (non-hydrogen) atoms. The predicted molar refractivity (Wildman–Crippen MR) is 172 cm³/mol. The number of ether oxygens (including phenoxy) is 2. The maximum atomic E-state index is 14.2. The number of carbonyl (C=O) groups excluding carboxylic acids is 5. The molecule has 1 saturated heterocycles. The minimum Gasteiger partial charge on any atom is -0.379 e. The topological polar surface area (TPSA) is 134 Å². The van der Waals surface area contributed by atoms with Crippen LogP contribution in [0.3, 0.4) is 0 Å². The summed E-state index contributed by atoms with van der Waals surface area (Å²) in [6.45, 7) is 9.87. The van der Waals surface area contributed by atoms with E-state index >= 15 is 0 Å². The molecule has 2 N–H and O–H groups in total. The number of likely N-dealkylation sites (tertiary alicyclic amines) is 1. The summed E-state index contributed by atoms with van der Waals surface area (Å²) in [5, 5.41) is 5.33. The van der Waals surface area contributed by atoms with Crippen LogP contribution in [0.2, 0.25) is 0 Å². The number of aldehydes is 1. The lowest BCUT2D eigenvalue weighted by atomic mass is 9.89. The highest BCUT2D eigenvalue weighted by Gasteiger charge is 2.42. The Hall–Kier alpha value is -3.38. The van der Waals surface area contributed by atoms with Crippen molar-refractivity contribution in [3.8, 4) is 0 Å². The van der Waals surface area contributed by atoms with Gasteiger partial charge in [0.15, 0.2) is 0 Å². The first-order chi connectivity index (χ1) is 21.9. The van der Waals surface area contributed by atoms with Gasteiger partial charge in [0.05, 0.1) is 42.7 Å². The van der Waals surface area contributed by atoms with Crippen LogP contribution in [0.1, 0.15) is 65.9 Å². The summed E-state index contributed by atoms with van der Waals surface area (Å²) in [5.41, 5.74) is 0.318. The zero-order valence-corrected chi connectivity index (χ0v) is 28.5. The minimum absolute atomic E-state index is 0.0000513. The fourth-order valence-electron chi connectivity index (χ4n) is 6.50. The maximum Gasteiger partial charge on any atom is 0.245 e. The van der Waals surface area contributed by atoms with Crippen molar-refractivity contribution in [1.29, 1.82) is 0 Å². The van der Waals surface area contributed by atoms with Gasteiger partial charge in [0.25, 0.3) is 0 Å². The molecule has 0 radical (unpaired) electrons. The van der Waals surface area contributed by atoms with Crippen molar-refractivity contribution < 1.29 is 37.8 Å². The van der Waals surface area contributed by atoms with Gasteiger partial charge >= 0.3 is 0 Å². The van der Waals surface area contributed by atoms with E-state index in [0.29, 0.717) is 37.6 Å². The molecule has 4 amide bonds. The SMILES string of the molecule is CC[C@H](C)[C@@H]([C@@H](CC(=O)N1CCC[C@H]1C(OC)[C@@H](C)C(=O)N[C@H](C=O)Cc1ccccc1F)OC)N(C)C(=O)[C@@H](NC=O)C(C)C. The van der Waals surface area contributed by atoms with E-state index in [4.69, 9.17) is 9.47 Å². The highest BCUT2D eigenvalue weighted by Crippen LogP contribution is 2.29. The summed E-state index contributed by atoms with van der Waals surface area (Å²) in [5.74, 6) is -2.22. The zero-order chi connectivity index (χ0) is 34.6. The van der Waals surface area contributed by atoms with Crippen LogP contribution in [-0.4, -0.2) is 104 Å². The molecule has 258 valence electrons. The van der Waals surface area contributed by atoms with E-state index in [0.717, 1.165) is 6.42 Å². The summed E-state index contributed by atoms with van der Waals surface area (Å²) in [6.07, 6.45) is 1.89. The van der Waals surface area contributed by atoms with Crippen LogP contribution in [-0.2, 0) is 39.9 Å². The van der Waals surface area contributed by atoms with Gasteiger partial charge < -0.3 is 34.7 Å². The first-order valence-electron chi connectivity index (χ1n) is 16.2. The number of nitrogens with one attached hydrogen (secondary N) is 2.